The van der Waals surface area contributed by atoms with Crippen molar-refractivity contribution in [3.05, 3.63) is 46.6 Å². The molecular weight excluding hydrogens is 350 g/mol. The second-order valence-corrected chi connectivity index (χ2v) is 6.66. The van der Waals surface area contributed by atoms with Crippen molar-refractivity contribution in [2.24, 2.45) is 0 Å². The fourth-order valence-corrected chi connectivity index (χ4v) is 3.29. The summed E-state index contributed by atoms with van der Waals surface area (Å²) in [6.45, 7) is 2.76. The van der Waals surface area contributed by atoms with Gasteiger partial charge in [0.15, 0.2) is 0 Å². The Bertz CT molecular complexity index is 675. The zero-order chi connectivity index (χ0) is 14.8. The van der Waals surface area contributed by atoms with Crippen LogP contribution < -0.4 is 10.6 Å². The summed E-state index contributed by atoms with van der Waals surface area (Å²) in [6, 6.07) is 9.71. The number of anilines is 1. The highest BCUT2D eigenvalue weighted by Gasteiger charge is 2.29. The third kappa shape index (κ3) is 3.12. The summed E-state index contributed by atoms with van der Waals surface area (Å²) in [7, 11) is 0. The summed E-state index contributed by atoms with van der Waals surface area (Å²) in [5.74, 6) is 0.00997. The molecule has 3 rings (SSSR count). The Hall–Kier alpha value is -1.37. The molecule has 21 heavy (non-hydrogen) atoms. The van der Waals surface area contributed by atoms with Crippen LogP contribution in [0.2, 0.25) is 0 Å². The number of likely N-dealkylation sites (N-methyl/N-ethyl adjacent to an activating group) is 1. The number of benzene rings is 1. The predicted octanol–water partition coefficient (Wildman–Crippen LogP) is 3.60. The number of amides is 1. The number of fused-ring (bicyclic) bond motifs is 1. The molecule has 0 aliphatic carbocycles. The molecule has 1 aliphatic rings. The van der Waals surface area contributed by atoms with Crippen LogP contribution in [0.25, 0.3) is 0 Å². The summed E-state index contributed by atoms with van der Waals surface area (Å²) in [5.41, 5.74) is 1.89. The van der Waals surface area contributed by atoms with Crippen LogP contribution in [0, 0.1) is 0 Å². The number of pyridine rings is 1. The third-order valence-corrected chi connectivity index (χ3v) is 4.60. The lowest BCUT2D eigenvalue weighted by molar-refractivity contribution is -0.117. The van der Waals surface area contributed by atoms with Crippen molar-refractivity contribution in [3.8, 4) is 0 Å². The smallest absolute Gasteiger partial charge is 0.246 e. The molecule has 2 aromatic rings. The molecule has 1 unspecified atom stereocenters. The van der Waals surface area contributed by atoms with Gasteiger partial charge in [0.05, 0.1) is 0 Å². The lowest BCUT2D eigenvalue weighted by atomic mass is 10.1. The van der Waals surface area contributed by atoms with Crippen molar-refractivity contribution in [3.63, 3.8) is 0 Å². The molecule has 0 radical (unpaired) electrons. The Labute approximate surface area is 135 Å². The summed E-state index contributed by atoms with van der Waals surface area (Å²) in [6.07, 6.45) is 1.78. The SMILES string of the molecule is CCNC1C(=O)Nc2cc(Sc3ccc(Br)cn3)ccc21. The minimum absolute atomic E-state index is 0.00997. The molecule has 4 nitrogen and oxygen atoms in total. The highest BCUT2D eigenvalue weighted by atomic mass is 79.9. The van der Waals surface area contributed by atoms with E-state index in [1.54, 1.807) is 18.0 Å². The Morgan fingerprint density at radius 3 is 2.95 bits per heavy atom. The Morgan fingerprint density at radius 1 is 1.38 bits per heavy atom. The number of aromatic nitrogens is 1. The lowest BCUT2D eigenvalue weighted by Gasteiger charge is -2.09. The van der Waals surface area contributed by atoms with Gasteiger partial charge in [-0.2, -0.15) is 0 Å². The van der Waals surface area contributed by atoms with Crippen LogP contribution in [0.1, 0.15) is 18.5 Å². The van der Waals surface area contributed by atoms with Gasteiger partial charge < -0.3 is 10.6 Å². The Kier molecular flexibility index (Phi) is 4.28. The molecule has 0 saturated heterocycles. The van der Waals surface area contributed by atoms with E-state index in [1.807, 2.05) is 37.3 Å². The molecule has 0 fully saturated rings. The maximum Gasteiger partial charge on any atom is 0.246 e. The van der Waals surface area contributed by atoms with Crippen molar-refractivity contribution < 1.29 is 4.79 Å². The molecule has 108 valence electrons. The van der Waals surface area contributed by atoms with Gasteiger partial charge in [0, 0.05) is 26.8 Å². The van der Waals surface area contributed by atoms with E-state index in [1.165, 1.54) is 0 Å². The number of halogens is 1. The number of rotatable bonds is 4. The zero-order valence-corrected chi connectivity index (χ0v) is 13.8. The molecular formula is C15H14BrN3OS. The Balaban J connectivity index is 1.82. The molecule has 1 atom stereocenters. The summed E-state index contributed by atoms with van der Waals surface area (Å²) >= 11 is 4.95. The first-order valence-corrected chi connectivity index (χ1v) is 8.26. The second-order valence-electron chi connectivity index (χ2n) is 4.65. The number of hydrogen-bond acceptors (Lipinski definition) is 4. The van der Waals surface area contributed by atoms with Crippen molar-refractivity contribution in [2.45, 2.75) is 22.9 Å². The molecule has 2 heterocycles. The molecule has 1 aromatic carbocycles. The van der Waals surface area contributed by atoms with Crippen LogP contribution in [0.4, 0.5) is 5.69 Å². The maximum atomic E-state index is 11.9. The highest BCUT2D eigenvalue weighted by molar-refractivity contribution is 9.10. The number of hydrogen-bond donors (Lipinski definition) is 2. The van der Waals surface area contributed by atoms with Crippen molar-refractivity contribution in [1.29, 1.82) is 0 Å². The predicted molar refractivity (Wildman–Crippen MR) is 87.5 cm³/mol. The minimum atomic E-state index is -0.241. The first-order valence-electron chi connectivity index (χ1n) is 6.65. The highest BCUT2D eigenvalue weighted by Crippen LogP contribution is 2.36. The van der Waals surface area contributed by atoms with Crippen LogP contribution in [0.5, 0.6) is 0 Å². The van der Waals surface area contributed by atoms with Crippen LogP contribution in [0.3, 0.4) is 0 Å². The van der Waals surface area contributed by atoms with E-state index in [-0.39, 0.29) is 11.9 Å². The van der Waals surface area contributed by atoms with Gasteiger partial charge in [-0.1, -0.05) is 24.8 Å². The van der Waals surface area contributed by atoms with Crippen LogP contribution in [-0.4, -0.2) is 17.4 Å². The van der Waals surface area contributed by atoms with Crippen molar-refractivity contribution in [1.82, 2.24) is 10.3 Å². The third-order valence-electron chi connectivity index (χ3n) is 3.19. The minimum Gasteiger partial charge on any atom is -0.324 e. The number of carbonyl (C=O) groups excluding carboxylic acids is 1. The van der Waals surface area contributed by atoms with Gasteiger partial charge in [0.25, 0.3) is 0 Å². The molecule has 6 heteroatoms. The van der Waals surface area contributed by atoms with E-state index in [9.17, 15) is 4.79 Å². The fourth-order valence-electron chi connectivity index (χ4n) is 2.26. The van der Waals surface area contributed by atoms with E-state index >= 15 is 0 Å². The van der Waals surface area contributed by atoms with E-state index < -0.39 is 0 Å². The molecule has 0 bridgehead atoms. The van der Waals surface area contributed by atoms with Crippen LogP contribution in [-0.2, 0) is 4.79 Å². The van der Waals surface area contributed by atoms with Gasteiger partial charge in [0.1, 0.15) is 11.1 Å². The summed E-state index contributed by atoms with van der Waals surface area (Å²) in [4.78, 5) is 17.3. The van der Waals surface area contributed by atoms with Gasteiger partial charge in [0.2, 0.25) is 5.91 Å². The quantitative estimate of drug-likeness (QED) is 0.871. The summed E-state index contributed by atoms with van der Waals surface area (Å²) in [5, 5.41) is 7.04. The van der Waals surface area contributed by atoms with Gasteiger partial charge in [-0.25, -0.2) is 4.98 Å². The number of nitrogens with one attached hydrogen (secondary N) is 2. The largest absolute Gasteiger partial charge is 0.324 e. The Morgan fingerprint density at radius 2 is 2.24 bits per heavy atom. The van der Waals surface area contributed by atoms with Crippen molar-refractivity contribution in [2.75, 3.05) is 11.9 Å². The van der Waals surface area contributed by atoms with E-state index in [4.69, 9.17) is 0 Å². The van der Waals surface area contributed by atoms with Crippen LogP contribution >= 0.6 is 27.7 Å². The summed E-state index contributed by atoms with van der Waals surface area (Å²) < 4.78 is 0.960. The number of nitrogens with zero attached hydrogens (tertiary/aromatic N) is 1. The lowest BCUT2D eigenvalue weighted by Crippen LogP contribution is -2.27. The first-order chi connectivity index (χ1) is 10.2. The molecule has 1 aliphatic heterocycles. The molecule has 1 amide bonds. The molecule has 0 spiro atoms. The monoisotopic (exact) mass is 363 g/mol. The van der Waals surface area contributed by atoms with E-state index in [2.05, 4.69) is 31.5 Å². The van der Waals surface area contributed by atoms with Gasteiger partial charge >= 0.3 is 0 Å². The van der Waals surface area contributed by atoms with E-state index in [0.717, 1.165) is 32.2 Å². The van der Waals surface area contributed by atoms with Gasteiger partial charge in [-0.3, -0.25) is 4.79 Å². The number of carbonyl (C=O) groups is 1. The second kappa shape index (κ2) is 6.17. The zero-order valence-electron chi connectivity index (χ0n) is 11.4. The molecule has 0 saturated carbocycles. The normalized spacial score (nSPS) is 16.7. The average molecular weight is 364 g/mol. The first kappa shape index (κ1) is 14.6. The standard InChI is InChI=1S/C15H14BrN3OS/c1-2-17-14-11-5-4-10(7-12(11)19-15(14)20)21-13-6-3-9(16)8-18-13/h3-8,14,17H,2H2,1H3,(H,19,20). The maximum absolute atomic E-state index is 11.9. The molecule has 1 aromatic heterocycles. The average Bonchev–Trinajstić information content (AvgIpc) is 2.78. The molecule has 2 N–H and O–H groups in total. The van der Waals surface area contributed by atoms with Crippen molar-refractivity contribution >= 4 is 39.3 Å². The van der Waals surface area contributed by atoms with Crippen LogP contribution in [0.15, 0.2) is 50.9 Å². The van der Waals surface area contributed by atoms with Gasteiger partial charge in [-0.15, -0.1) is 0 Å². The van der Waals surface area contributed by atoms with E-state index in [0.29, 0.717) is 0 Å². The fraction of sp³-hybridized carbons (Fsp3) is 0.200. The topological polar surface area (TPSA) is 54.0 Å². The van der Waals surface area contributed by atoms with Gasteiger partial charge in [-0.05, 0) is 46.7 Å².